The number of carboxylic acid groups (broad SMARTS) is 1. The molecule has 55 heavy (non-hydrogen) atoms. The third-order valence-electron chi connectivity index (χ3n) is 9.47. The van der Waals surface area contributed by atoms with Crippen molar-refractivity contribution in [3.8, 4) is 0 Å². The summed E-state index contributed by atoms with van der Waals surface area (Å²) < 4.78 is 16.9. The van der Waals surface area contributed by atoms with Gasteiger partial charge in [-0.15, -0.1) is 0 Å². The van der Waals surface area contributed by atoms with E-state index in [0.717, 1.165) is 96.3 Å². The van der Waals surface area contributed by atoms with E-state index >= 15 is 0 Å². The molecular formula is C45H74O10. The number of aliphatic hydroxyl groups is 4. The van der Waals surface area contributed by atoms with Crippen molar-refractivity contribution in [3.63, 3.8) is 0 Å². The Morgan fingerprint density at radius 3 is 1.65 bits per heavy atom. The van der Waals surface area contributed by atoms with Crippen molar-refractivity contribution in [1.82, 2.24) is 0 Å². The monoisotopic (exact) mass is 775 g/mol. The number of aliphatic hydroxyl groups excluding tert-OH is 4. The van der Waals surface area contributed by atoms with Gasteiger partial charge in [-0.3, -0.25) is 9.59 Å². The topological polar surface area (TPSA) is 163 Å². The van der Waals surface area contributed by atoms with E-state index in [9.17, 15) is 35.1 Å². The fraction of sp³-hybridized carbons (Fsp3) is 0.689. The van der Waals surface area contributed by atoms with Gasteiger partial charge in [0.2, 0.25) is 0 Å². The molecule has 0 aromatic carbocycles. The van der Waals surface area contributed by atoms with Crippen molar-refractivity contribution in [2.75, 3.05) is 13.2 Å². The minimum atomic E-state index is -1.62. The normalized spacial score (nSPS) is 22.0. The van der Waals surface area contributed by atoms with Gasteiger partial charge in [-0.2, -0.15) is 0 Å². The number of allylic oxidation sites excluding steroid dienone is 12. The van der Waals surface area contributed by atoms with Crippen molar-refractivity contribution in [2.45, 2.75) is 179 Å². The Morgan fingerprint density at radius 2 is 1.13 bits per heavy atom. The summed E-state index contributed by atoms with van der Waals surface area (Å²) in [7, 11) is 0. The minimum Gasteiger partial charge on any atom is -0.481 e. The highest BCUT2D eigenvalue weighted by atomic mass is 16.7. The van der Waals surface area contributed by atoms with E-state index in [1.54, 1.807) is 0 Å². The highest BCUT2D eigenvalue weighted by Gasteiger charge is 2.44. The molecule has 314 valence electrons. The molecule has 1 fully saturated rings. The van der Waals surface area contributed by atoms with Crippen LogP contribution in [0, 0.1) is 5.92 Å². The molecule has 1 rings (SSSR count). The fourth-order valence-electron chi connectivity index (χ4n) is 6.18. The molecule has 1 saturated heterocycles. The number of hydrogen-bond donors (Lipinski definition) is 5. The van der Waals surface area contributed by atoms with Crippen molar-refractivity contribution in [2.24, 2.45) is 5.92 Å². The lowest BCUT2D eigenvalue weighted by atomic mass is 9.94. The van der Waals surface area contributed by atoms with Crippen LogP contribution in [0.25, 0.3) is 0 Å². The van der Waals surface area contributed by atoms with Crippen LogP contribution in [0.2, 0.25) is 0 Å². The Labute approximate surface area is 331 Å². The van der Waals surface area contributed by atoms with Crippen molar-refractivity contribution >= 4 is 11.9 Å². The van der Waals surface area contributed by atoms with Crippen LogP contribution in [0.3, 0.4) is 0 Å². The molecule has 1 aliphatic rings. The molecule has 1 heterocycles. The number of carboxylic acids is 1. The van der Waals surface area contributed by atoms with E-state index in [1.807, 2.05) is 0 Å². The summed E-state index contributed by atoms with van der Waals surface area (Å²) >= 11 is 0. The Balaban J connectivity index is 2.55. The summed E-state index contributed by atoms with van der Waals surface area (Å²) in [6, 6.07) is 0. The lowest BCUT2D eigenvalue weighted by molar-refractivity contribution is -0.305. The molecule has 0 aromatic rings. The number of carbonyl (C=O) groups is 2. The number of unbranched alkanes of at least 4 members (excludes halogenated alkanes) is 9. The Bertz CT molecular complexity index is 1140. The molecule has 10 heteroatoms. The maximum Gasteiger partial charge on any atom is 0.306 e. The lowest BCUT2D eigenvalue weighted by Crippen LogP contribution is -2.59. The van der Waals surface area contributed by atoms with E-state index in [-0.39, 0.29) is 19.4 Å². The molecular weight excluding hydrogens is 700 g/mol. The van der Waals surface area contributed by atoms with Gasteiger partial charge in [0.25, 0.3) is 0 Å². The smallest absolute Gasteiger partial charge is 0.306 e. The van der Waals surface area contributed by atoms with E-state index < -0.39 is 61.3 Å². The summed E-state index contributed by atoms with van der Waals surface area (Å²) in [6.07, 6.45) is 34.7. The van der Waals surface area contributed by atoms with Gasteiger partial charge in [0.05, 0.1) is 19.1 Å². The summed E-state index contributed by atoms with van der Waals surface area (Å²) in [4.78, 5) is 25.2. The van der Waals surface area contributed by atoms with E-state index in [1.165, 1.54) is 0 Å². The third kappa shape index (κ3) is 25.8. The average Bonchev–Trinajstić information content (AvgIpc) is 3.17. The maximum absolute atomic E-state index is 12.9. The first kappa shape index (κ1) is 50.2. The van der Waals surface area contributed by atoms with Gasteiger partial charge < -0.3 is 39.7 Å². The molecule has 0 radical (unpaired) electrons. The summed E-state index contributed by atoms with van der Waals surface area (Å²) in [6.45, 7) is 3.36. The van der Waals surface area contributed by atoms with Crippen molar-refractivity contribution in [3.05, 3.63) is 72.9 Å². The minimum absolute atomic E-state index is 0.0161. The molecule has 5 N–H and O–H groups in total. The first-order valence-electron chi connectivity index (χ1n) is 21.0. The van der Waals surface area contributed by atoms with Crippen LogP contribution in [-0.2, 0) is 23.8 Å². The Kier molecular flexibility index (Phi) is 31.4. The second-order valence-electron chi connectivity index (χ2n) is 14.3. The molecule has 0 saturated carbocycles. The molecule has 0 spiro atoms. The first-order valence-corrected chi connectivity index (χ1v) is 21.0. The van der Waals surface area contributed by atoms with Gasteiger partial charge >= 0.3 is 11.9 Å². The van der Waals surface area contributed by atoms with Crippen LogP contribution >= 0.6 is 0 Å². The van der Waals surface area contributed by atoms with Crippen molar-refractivity contribution in [1.29, 1.82) is 0 Å². The molecule has 0 bridgehead atoms. The van der Waals surface area contributed by atoms with Crippen LogP contribution in [-0.4, -0.2) is 87.5 Å². The summed E-state index contributed by atoms with van der Waals surface area (Å²) in [5, 5.41) is 50.3. The van der Waals surface area contributed by atoms with E-state index in [0.29, 0.717) is 19.3 Å². The predicted molar refractivity (Wildman–Crippen MR) is 219 cm³/mol. The summed E-state index contributed by atoms with van der Waals surface area (Å²) in [5.74, 6) is -2.21. The van der Waals surface area contributed by atoms with Crippen LogP contribution in [0.4, 0.5) is 0 Å². The second kappa shape index (κ2) is 34.4. The number of ether oxygens (including phenoxy) is 3. The standard InChI is InChI=1S/C45H74O10/c1-3-5-7-9-11-13-15-17-19-21-23-25-27-29-31-33-40(47)54-38(36-53-45-43(50)42(49)41(48)39(35-46)55-45)34-37(44(51)52)32-30-28-26-24-22-20-18-16-14-12-10-8-6-4-2/h5-8,11-14,17-20,37-39,41-43,45-46,48-50H,3-4,9-10,15-16,21-36H2,1-2H3,(H,51,52)/b7-5-,8-6-,13-11-,14-12-,19-17-,20-18-/t37?,38?,39-,41-,42+,43-,45-/m1/s1. The van der Waals surface area contributed by atoms with Crippen LogP contribution in [0.1, 0.15) is 142 Å². The van der Waals surface area contributed by atoms with Gasteiger partial charge in [0.15, 0.2) is 6.29 Å². The highest BCUT2D eigenvalue weighted by Crippen LogP contribution is 2.24. The van der Waals surface area contributed by atoms with Crippen LogP contribution in [0.5, 0.6) is 0 Å². The maximum atomic E-state index is 12.9. The van der Waals surface area contributed by atoms with Gasteiger partial charge in [-0.1, -0.05) is 125 Å². The number of aliphatic carboxylic acids is 1. The zero-order valence-corrected chi connectivity index (χ0v) is 33.8. The SMILES string of the molecule is CC/C=C\C/C=C\C/C=C\CCCCCCCC(=O)OC(CO[C@@H]1O[C@H](CO)[C@@H](O)[C@H](O)[C@H]1O)CC(CCCCCC/C=C\C/C=C\C/C=C\CC)C(=O)O. The average molecular weight is 775 g/mol. The molecule has 0 aliphatic carbocycles. The second-order valence-corrected chi connectivity index (χ2v) is 14.3. The first-order chi connectivity index (χ1) is 26.7. The predicted octanol–water partition coefficient (Wildman–Crippen LogP) is 8.59. The zero-order chi connectivity index (χ0) is 40.4. The quantitative estimate of drug-likeness (QED) is 0.0248. The van der Waals surface area contributed by atoms with E-state index in [4.69, 9.17) is 14.2 Å². The molecule has 10 nitrogen and oxygen atoms in total. The van der Waals surface area contributed by atoms with Gasteiger partial charge in [-0.25, -0.2) is 0 Å². The number of esters is 1. The largest absolute Gasteiger partial charge is 0.481 e. The number of rotatable bonds is 33. The van der Waals surface area contributed by atoms with Crippen LogP contribution < -0.4 is 0 Å². The third-order valence-corrected chi connectivity index (χ3v) is 9.47. The Morgan fingerprint density at radius 1 is 0.636 bits per heavy atom. The van der Waals surface area contributed by atoms with Gasteiger partial charge in [-0.05, 0) is 83.5 Å². The van der Waals surface area contributed by atoms with Crippen molar-refractivity contribution < 1.29 is 49.3 Å². The zero-order valence-electron chi connectivity index (χ0n) is 33.8. The van der Waals surface area contributed by atoms with Crippen LogP contribution in [0.15, 0.2) is 72.9 Å². The molecule has 1 aliphatic heterocycles. The highest BCUT2D eigenvalue weighted by molar-refractivity contribution is 5.71. The van der Waals surface area contributed by atoms with Gasteiger partial charge in [0, 0.05) is 6.42 Å². The molecule has 2 unspecified atom stereocenters. The number of hydrogen-bond acceptors (Lipinski definition) is 9. The molecule has 0 aromatic heterocycles. The Hall–Kier alpha value is -2.86. The molecule has 0 amide bonds. The van der Waals surface area contributed by atoms with Gasteiger partial charge in [0.1, 0.15) is 30.5 Å². The lowest BCUT2D eigenvalue weighted by Gasteiger charge is -2.40. The van der Waals surface area contributed by atoms with E-state index in [2.05, 4.69) is 86.8 Å². The molecule has 7 atom stereocenters. The summed E-state index contributed by atoms with van der Waals surface area (Å²) in [5.41, 5.74) is 0. The fourth-order valence-corrected chi connectivity index (χ4v) is 6.18. The number of carbonyl (C=O) groups excluding carboxylic acids is 1.